The number of nitrogens with two attached hydrogens (primary N) is 1. The van der Waals surface area contributed by atoms with Gasteiger partial charge in [0.15, 0.2) is 0 Å². The first-order chi connectivity index (χ1) is 6.61. The van der Waals surface area contributed by atoms with Crippen molar-refractivity contribution in [2.45, 2.75) is 31.2 Å². The molecule has 1 aliphatic carbocycles. The first-order valence-corrected chi connectivity index (χ1v) is 5.58. The van der Waals surface area contributed by atoms with Crippen molar-refractivity contribution in [1.82, 2.24) is 0 Å². The van der Waals surface area contributed by atoms with Crippen LogP contribution in [0.4, 0.5) is 0 Å². The number of hydrogen-bond donors (Lipinski definition) is 1. The van der Waals surface area contributed by atoms with E-state index in [2.05, 4.69) is 0 Å². The van der Waals surface area contributed by atoms with Crippen molar-refractivity contribution in [3.05, 3.63) is 33.8 Å². The van der Waals surface area contributed by atoms with E-state index in [1.54, 1.807) is 0 Å². The molecule has 0 atom stereocenters. The summed E-state index contributed by atoms with van der Waals surface area (Å²) in [6, 6.07) is 5.75. The van der Waals surface area contributed by atoms with Crippen LogP contribution in [0.5, 0.6) is 0 Å². The number of rotatable bonds is 3. The first-order valence-electron chi connectivity index (χ1n) is 4.82. The van der Waals surface area contributed by atoms with Gasteiger partial charge in [-0.15, -0.1) is 0 Å². The molecule has 1 aliphatic rings. The van der Waals surface area contributed by atoms with Gasteiger partial charge in [-0.25, -0.2) is 0 Å². The van der Waals surface area contributed by atoms with Gasteiger partial charge in [-0.1, -0.05) is 35.3 Å². The van der Waals surface area contributed by atoms with Crippen molar-refractivity contribution in [2.75, 3.05) is 0 Å². The zero-order chi connectivity index (χ0) is 10.2. The molecule has 0 spiro atoms. The van der Waals surface area contributed by atoms with E-state index in [9.17, 15) is 0 Å². The highest BCUT2D eigenvalue weighted by Crippen LogP contribution is 2.37. The van der Waals surface area contributed by atoms with Crippen LogP contribution in [0.1, 0.15) is 24.8 Å². The lowest BCUT2D eigenvalue weighted by Crippen LogP contribution is -2.22. The van der Waals surface area contributed by atoms with Crippen molar-refractivity contribution in [3.63, 3.8) is 0 Å². The number of benzene rings is 1. The molecular formula is C11H13Cl2N. The summed E-state index contributed by atoms with van der Waals surface area (Å²) in [5.41, 5.74) is 7.20. The number of halogens is 2. The minimum atomic E-state index is 0.0889. The van der Waals surface area contributed by atoms with Crippen LogP contribution in [0.15, 0.2) is 18.2 Å². The number of aryl methyl sites for hydroxylation is 1. The molecule has 2 N–H and O–H groups in total. The molecule has 0 unspecified atom stereocenters. The highest BCUT2D eigenvalue weighted by Gasteiger charge is 2.37. The van der Waals surface area contributed by atoms with Crippen LogP contribution >= 0.6 is 23.2 Å². The van der Waals surface area contributed by atoms with Gasteiger partial charge in [-0.2, -0.15) is 0 Å². The standard InChI is InChI=1S/C11H13Cl2N/c12-9-3-1-2-8(10(9)13)4-5-11(14)6-7-11/h1-3H,4-7,14H2. The van der Waals surface area contributed by atoms with E-state index in [1.807, 2.05) is 18.2 Å². The van der Waals surface area contributed by atoms with Crippen LogP contribution < -0.4 is 5.73 Å². The lowest BCUT2D eigenvalue weighted by atomic mass is 10.0. The van der Waals surface area contributed by atoms with Gasteiger partial charge in [-0.3, -0.25) is 0 Å². The molecule has 0 heterocycles. The molecule has 1 nitrogen and oxygen atoms in total. The van der Waals surface area contributed by atoms with Gasteiger partial charge in [0, 0.05) is 5.54 Å². The van der Waals surface area contributed by atoms with E-state index in [-0.39, 0.29) is 5.54 Å². The smallest absolute Gasteiger partial charge is 0.0624 e. The molecule has 3 heteroatoms. The zero-order valence-electron chi connectivity index (χ0n) is 7.89. The maximum atomic E-state index is 6.07. The second-order valence-corrected chi connectivity index (χ2v) is 4.86. The van der Waals surface area contributed by atoms with Crippen molar-refractivity contribution in [2.24, 2.45) is 5.73 Å². The third kappa shape index (κ3) is 2.22. The Bertz CT molecular complexity index is 345. The highest BCUT2D eigenvalue weighted by molar-refractivity contribution is 6.42. The minimum absolute atomic E-state index is 0.0889. The highest BCUT2D eigenvalue weighted by atomic mass is 35.5. The average Bonchev–Trinajstić information content (AvgIpc) is 2.88. The lowest BCUT2D eigenvalue weighted by molar-refractivity contribution is 0.609. The maximum Gasteiger partial charge on any atom is 0.0624 e. The van der Waals surface area contributed by atoms with Gasteiger partial charge in [0.25, 0.3) is 0 Å². The van der Waals surface area contributed by atoms with Crippen LogP contribution in [0.3, 0.4) is 0 Å². The van der Waals surface area contributed by atoms with Crippen molar-refractivity contribution in [1.29, 1.82) is 0 Å². The second kappa shape index (κ2) is 3.73. The molecule has 1 aromatic carbocycles. The SMILES string of the molecule is NC1(CCc2cccc(Cl)c2Cl)CC1. The Kier molecular flexibility index (Phi) is 2.74. The topological polar surface area (TPSA) is 26.0 Å². The molecule has 0 saturated heterocycles. The predicted molar refractivity (Wildman–Crippen MR) is 60.9 cm³/mol. The van der Waals surface area contributed by atoms with Crippen molar-refractivity contribution in [3.8, 4) is 0 Å². The molecule has 1 saturated carbocycles. The summed E-state index contributed by atoms with van der Waals surface area (Å²) >= 11 is 12.0. The van der Waals surface area contributed by atoms with Gasteiger partial charge in [-0.05, 0) is 37.3 Å². The molecule has 1 fully saturated rings. The predicted octanol–water partition coefficient (Wildman–Crippen LogP) is 3.42. The van der Waals surface area contributed by atoms with E-state index >= 15 is 0 Å². The fourth-order valence-corrected chi connectivity index (χ4v) is 1.95. The van der Waals surface area contributed by atoms with Crippen LogP contribution in [0.2, 0.25) is 10.0 Å². The molecule has 1 aromatic rings. The van der Waals surface area contributed by atoms with E-state index in [4.69, 9.17) is 28.9 Å². The maximum absolute atomic E-state index is 6.07. The summed E-state index contributed by atoms with van der Waals surface area (Å²) in [6.07, 6.45) is 4.22. The van der Waals surface area contributed by atoms with Crippen molar-refractivity contribution >= 4 is 23.2 Å². The molecule has 0 aromatic heterocycles. The Balaban J connectivity index is 2.05. The first kappa shape index (κ1) is 10.3. The lowest BCUT2D eigenvalue weighted by Gasteiger charge is -2.09. The molecule has 2 rings (SSSR count). The second-order valence-electron chi connectivity index (χ2n) is 4.08. The quantitative estimate of drug-likeness (QED) is 0.845. The molecular weight excluding hydrogens is 217 g/mol. The Morgan fingerprint density at radius 2 is 2.00 bits per heavy atom. The van der Waals surface area contributed by atoms with E-state index in [1.165, 1.54) is 0 Å². The van der Waals surface area contributed by atoms with E-state index < -0.39 is 0 Å². The normalized spacial score (nSPS) is 18.2. The van der Waals surface area contributed by atoms with Gasteiger partial charge >= 0.3 is 0 Å². The monoisotopic (exact) mass is 229 g/mol. The van der Waals surface area contributed by atoms with Gasteiger partial charge < -0.3 is 5.73 Å². The van der Waals surface area contributed by atoms with Crippen LogP contribution in [-0.4, -0.2) is 5.54 Å². The fraction of sp³-hybridized carbons (Fsp3) is 0.455. The average molecular weight is 230 g/mol. The third-order valence-corrected chi connectivity index (χ3v) is 3.67. The Labute approximate surface area is 94.2 Å². The van der Waals surface area contributed by atoms with Crippen LogP contribution in [0.25, 0.3) is 0 Å². The van der Waals surface area contributed by atoms with Crippen molar-refractivity contribution < 1.29 is 0 Å². The summed E-state index contributed by atoms with van der Waals surface area (Å²) in [5, 5.41) is 1.31. The zero-order valence-corrected chi connectivity index (χ0v) is 9.41. The van der Waals surface area contributed by atoms with E-state index in [0.29, 0.717) is 10.0 Å². The molecule has 14 heavy (non-hydrogen) atoms. The molecule has 0 amide bonds. The van der Waals surface area contributed by atoms with Crippen LogP contribution in [-0.2, 0) is 6.42 Å². The van der Waals surface area contributed by atoms with Gasteiger partial charge in [0.2, 0.25) is 0 Å². The van der Waals surface area contributed by atoms with E-state index in [0.717, 1.165) is 31.2 Å². The van der Waals surface area contributed by atoms with Crippen LogP contribution in [0, 0.1) is 0 Å². The third-order valence-electron chi connectivity index (χ3n) is 2.82. The molecule has 76 valence electrons. The molecule has 0 aliphatic heterocycles. The Morgan fingerprint density at radius 1 is 1.29 bits per heavy atom. The van der Waals surface area contributed by atoms with Gasteiger partial charge in [0.1, 0.15) is 0 Å². The largest absolute Gasteiger partial charge is 0.325 e. The minimum Gasteiger partial charge on any atom is -0.325 e. The molecule has 0 bridgehead atoms. The number of hydrogen-bond acceptors (Lipinski definition) is 1. The molecule has 0 radical (unpaired) electrons. The Hall–Kier alpha value is -0.240. The summed E-state index contributed by atoms with van der Waals surface area (Å²) in [5.74, 6) is 0. The summed E-state index contributed by atoms with van der Waals surface area (Å²) < 4.78 is 0. The summed E-state index contributed by atoms with van der Waals surface area (Å²) in [7, 11) is 0. The summed E-state index contributed by atoms with van der Waals surface area (Å²) in [6.45, 7) is 0. The fourth-order valence-electron chi connectivity index (χ4n) is 1.54. The Morgan fingerprint density at radius 3 is 2.64 bits per heavy atom. The van der Waals surface area contributed by atoms with Gasteiger partial charge in [0.05, 0.1) is 10.0 Å². The summed E-state index contributed by atoms with van der Waals surface area (Å²) in [4.78, 5) is 0.